The molecule has 1 aliphatic heterocycles. The molecule has 0 fully saturated rings. The maximum Gasteiger partial charge on any atom is 0.249 e. The lowest BCUT2D eigenvalue weighted by molar-refractivity contribution is -0.137. The van der Waals surface area contributed by atoms with Gasteiger partial charge in [0, 0.05) is 50.6 Å². The first kappa shape index (κ1) is 35.8. The molecule has 0 spiro atoms. The second-order valence-electron chi connectivity index (χ2n) is 11.7. The van der Waals surface area contributed by atoms with Crippen molar-refractivity contribution < 1.29 is 24.6 Å². The van der Waals surface area contributed by atoms with Gasteiger partial charge in [-0.15, -0.1) is 0 Å². The molecule has 0 aliphatic carbocycles. The molecule has 0 aromatic carbocycles. The highest BCUT2D eigenvalue weighted by Gasteiger charge is 2.32. The molecule has 1 heterocycles. The number of carbonyl (C=O) groups is 3. The standard InChI is InChI=1S/C32H57N3O5/c1-4-5-6-7-8-9-10-11-12-13-14-15-16-17-18-20-28(37)34-23-19-24-35(26-25-34)29(38)21-22-33-31(40)30(39)32(2,3)27-36/h11-12,19,24,30,36,39H,4-10,13-18,20-23,25-27H2,1-3H3,(H,33,40)/b12-11-. The van der Waals surface area contributed by atoms with Gasteiger partial charge in [-0.2, -0.15) is 0 Å². The van der Waals surface area contributed by atoms with Crippen LogP contribution in [0.25, 0.3) is 0 Å². The van der Waals surface area contributed by atoms with Crippen LogP contribution in [0.15, 0.2) is 24.4 Å². The molecule has 8 heteroatoms. The molecule has 1 unspecified atom stereocenters. The van der Waals surface area contributed by atoms with Gasteiger partial charge in [-0.25, -0.2) is 0 Å². The summed E-state index contributed by atoms with van der Waals surface area (Å²) < 4.78 is 0. The van der Waals surface area contributed by atoms with Crippen LogP contribution in [0.4, 0.5) is 0 Å². The number of hydrogen-bond acceptors (Lipinski definition) is 5. The Morgan fingerprint density at radius 1 is 0.875 bits per heavy atom. The topological polar surface area (TPSA) is 110 Å². The minimum Gasteiger partial charge on any atom is -0.396 e. The van der Waals surface area contributed by atoms with Crippen molar-refractivity contribution in [3.63, 3.8) is 0 Å². The molecule has 0 aromatic rings. The van der Waals surface area contributed by atoms with Gasteiger partial charge in [0.05, 0.1) is 6.61 Å². The Kier molecular flexibility index (Phi) is 19.3. The summed E-state index contributed by atoms with van der Waals surface area (Å²) in [7, 11) is 0. The Bertz CT molecular complexity index is 781. The van der Waals surface area contributed by atoms with Crippen LogP contribution in [0.2, 0.25) is 0 Å². The Morgan fingerprint density at radius 2 is 1.48 bits per heavy atom. The van der Waals surface area contributed by atoms with E-state index in [9.17, 15) is 24.6 Å². The molecule has 0 aromatic heterocycles. The average Bonchev–Trinajstić information content (AvgIpc) is 3.21. The van der Waals surface area contributed by atoms with Crippen molar-refractivity contribution in [2.45, 2.75) is 123 Å². The number of hydrogen-bond donors (Lipinski definition) is 3. The smallest absolute Gasteiger partial charge is 0.249 e. The molecule has 1 rings (SSSR count). The van der Waals surface area contributed by atoms with E-state index in [0.717, 1.165) is 25.7 Å². The van der Waals surface area contributed by atoms with Crippen LogP contribution in [0.1, 0.15) is 117 Å². The third-order valence-corrected chi connectivity index (χ3v) is 7.58. The first-order valence-electron chi connectivity index (χ1n) is 15.7. The van der Waals surface area contributed by atoms with E-state index >= 15 is 0 Å². The van der Waals surface area contributed by atoms with Crippen LogP contribution in [0, 0.1) is 5.41 Å². The van der Waals surface area contributed by atoms with Gasteiger partial charge in [-0.3, -0.25) is 14.4 Å². The third kappa shape index (κ3) is 15.6. The Hall–Kier alpha value is -2.19. The van der Waals surface area contributed by atoms with Crippen LogP contribution >= 0.6 is 0 Å². The summed E-state index contributed by atoms with van der Waals surface area (Å²) in [4.78, 5) is 40.7. The number of nitrogens with zero attached hydrogens (tertiary/aromatic N) is 2. The molecule has 0 saturated carbocycles. The van der Waals surface area contributed by atoms with Crippen molar-refractivity contribution in [1.29, 1.82) is 0 Å². The predicted octanol–water partition coefficient (Wildman–Crippen LogP) is 5.09. The number of amides is 3. The minimum absolute atomic E-state index is 0.0885. The molecule has 40 heavy (non-hydrogen) atoms. The van der Waals surface area contributed by atoms with Crippen molar-refractivity contribution in [2.75, 3.05) is 32.8 Å². The molecular weight excluding hydrogens is 506 g/mol. The summed E-state index contributed by atoms with van der Waals surface area (Å²) in [5.74, 6) is -0.631. The van der Waals surface area contributed by atoms with E-state index in [4.69, 9.17) is 0 Å². The lowest BCUT2D eigenvalue weighted by Crippen LogP contribution is -2.46. The molecule has 3 amide bonds. The summed E-state index contributed by atoms with van der Waals surface area (Å²) >= 11 is 0. The quantitative estimate of drug-likeness (QED) is 0.133. The van der Waals surface area contributed by atoms with E-state index in [1.165, 1.54) is 57.8 Å². The van der Waals surface area contributed by atoms with E-state index in [2.05, 4.69) is 24.4 Å². The predicted molar refractivity (Wildman–Crippen MR) is 161 cm³/mol. The number of unbranched alkanes of at least 4 members (excludes halogenated alkanes) is 11. The van der Waals surface area contributed by atoms with Crippen molar-refractivity contribution in [3.8, 4) is 0 Å². The first-order valence-corrected chi connectivity index (χ1v) is 15.7. The molecule has 1 aliphatic rings. The zero-order valence-corrected chi connectivity index (χ0v) is 25.5. The highest BCUT2D eigenvalue weighted by molar-refractivity contribution is 5.83. The Labute approximate surface area is 243 Å². The fraction of sp³-hybridized carbons (Fsp3) is 0.781. The number of rotatable bonds is 21. The molecular formula is C32H57N3O5. The largest absolute Gasteiger partial charge is 0.396 e. The molecule has 0 bridgehead atoms. The number of aliphatic hydroxyl groups is 2. The molecule has 8 nitrogen and oxygen atoms in total. The fourth-order valence-electron chi connectivity index (χ4n) is 4.61. The van der Waals surface area contributed by atoms with Gasteiger partial charge in [0.25, 0.3) is 0 Å². The van der Waals surface area contributed by atoms with Crippen LogP contribution < -0.4 is 5.32 Å². The van der Waals surface area contributed by atoms with Crippen LogP contribution in [-0.4, -0.2) is 76.6 Å². The number of allylic oxidation sites excluding steroid dienone is 2. The highest BCUT2D eigenvalue weighted by Crippen LogP contribution is 2.19. The van der Waals surface area contributed by atoms with Gasteiger partial charge < -0.3 is 25.3 Å². The van der Waals surface area contributed by atoms with E-state index in [1.54, 1.807) is 29.8 Å². The maximum absolute atomic E-state index is 12.7. The Balaban J connectivity index is 2.12. The van der Waals surface area contributed by atoms with Gasteiger partial charge in [-0.05, 0) is 38.2 Å². The van der Waals surface area contributed by atoms with E-state index in [1.807, 2.05) is 6.08 Å². The summed E-state index contributed by atoms with van der Waals surface area (Å²) in [6.07, 6.45) is 23.5. The Morgan fingerprint density at radius 3 is 2.10 bits per heavy atom. The number of carbonyl (C=O) groups excluding carboxylic acids is 3. The van der Waals surface area contributed by atoms with Crippen molar-refractivity contribution in [3.05, 3.63) is 24.4 Å². The second-order valence-corrected chi connectivity index (χ2v) is 11.7. The second kappa shape index (κ2) is 21.5. The van der Waals surface area contributed by atoms with Crippen molar-refractivity contribution in [1.82, 2.24) is 15.1 Å². The summed E-state index contributed by atoms with van der Waals surface area (Å²) in [5.41, 5.74) is -0.957. The maximum atomic E-state index is 12.7. The lowest BCUT2D eigenvalue weighted by Gasteiger charge is -2.27. The normalized spacial score (nSPS) is 14.9. The van der Waals surface area contributed by atoms with Crippen LogP contribution in [0.3, 0.4) is 0 Å². The van der Waals surface area contributed by atoms with Crippen molar-refractivity contribution in [2.24, 2.45) is 5.41 Å². The number of aliphatic hydroxyl groups excluding tert-OH is 2. The van der Waals surface area contributed by atoms with E-state index < -0.39 is 17.4 Å². The van der Waals surface area contributed by atoms with Crippen molar-refractivity contribution >= 4 is 17.7 Å². The zero-order chi connectivity index (χ0) is 29.6. The van der Waals surface area contributed by atoms with E-state index in [-0.39, 0.29) is 31.4 Å². The van der Waals surface area contributed by atoms with Gasteiger partial charge in [0.2, 0.25) is 17.7 Å². The minimum atomic E-state index is -1.35. The summed E-state index contributed by atoms with van der Waals surface area (Å²) in [6.45, 7) is 6.60. The van der Waals surface area contributed by atoms with E-state index in [0.29, 0.717) is 26.1 Å². The SMILES string of the molecule is CCCCCCCC/C=C\CCCCCCCC(=O)N1CC=CN(C(=O)CCNC(=O)C(O)C(C)(C)CO)CC1. The monoisotopic (exact) mass is 563 g/mol. The first-order chi connectivity index (χ1) is 19.2. The third-order valence-electron chi connectivity index (χ3n) is 7.58. The lowest BCUT2D eigenvalue weighted by atomic mass is 9.87. The molecule has 1 atom stereocenters. The van der Waals surface area contributed by atoms with Gasteiger partial charge in [0.1, 0.15) is 6.10 Å². The van der Waals surface area contributed by atoms with Gasteiger partial charge in [0.15, 0.2) is 0 Å². The van der Waals surface area contributed by atoms with Crippen LogP contribution in [0.5, 0.6) is 0 Å². The molecule has 0 radical (unpaired) electrons. The fourth-order valence-corrected chi connectivity index (χ4v) is 4.61. The summed E-state index contributed by atoms with van der Waals surface area (Å²) in [5, 5.41) is 21.9. The molecule has 3 N–H and O–H groups in total. The van der Waals surface area contributed by atoms with Gasteiger partial charge in [-0.1, -0.05) is 84.3 Å². The zero-order valence-electron chi connectivity index (χ0n) is 25.5. The summed E-state index contributed by atoms with van der Waals surface area (Å²) in [6, 6.07) is 0. The van der Waals surface area contributed by atoms with Crippen LogP contribution in [-0.2, 0) is 14.4 Å². The molecule has 0 saturated heterocycles. The molecule has 230 valence electrons. The number of nitrogens with one attached hydrogen (secondary N) is 1. The highest BCUT2D eigenvalue weighted by atomic mass is 16.3. The average molecular weight is 564 g/mol. The van der Waals surface area contributed by atoms with Gasteiger partial charge >= 0.3 is 0 Å².